The molecule has 3 rings (SSSR count). The van der Waals surface area contributed by atoms with Gasteiger partial charge < -0.3 is 14.7 Å². The second kappa shape index (κ2) is 8.08. The number of aliphatic hydroxyl groups excluding tert-OH is 1. The van der Waals surface area contributed by atoms with Gasteiger partial charge in [-0.2, -0.15) is 0 Å². The molecular weight excluding hydrogens is 302 g/mol. The summed E-state index contributed by atoms with van der Waals surface area (Å²) in [6, 6.07) is 19.2. The van der Waals surface area contributed by atoms with Crippen LogP contribution in [0.1, 0.15) is 23.7 Å². The number of carbonyl (C=O) groups excluding carboxylic acids is 1. The van der Waals surface area contributed by atoms with Gasteiger partial charge in [-0.05, 0) is 17.5 Å². The lowest BCUT2D eigenvalue weighted by molar-refractivity contribution is -0.139. The molecule has 4 heteroatoms. The number of ether oxygens (including phenoxy) is 1. The summed E-state index contributed by atoms with van der Waals surface area (Å²) >= 11 is 0. The van der Waals surface area contributed by atoms with Crippen LogP contribution in [0.4, 0.5) is 0 Å². The molecule has 24 heavy (non-hydrogen) atoms. The molecule has 0 aliphatic carbocycles. The highest BCUT2D eigenvalue weighted by Gasteiger charge is 2.30. The summed E-state index contributed by atoms with van der Waals surface area (Å²) in [5, 5.41) is 10.2. The van der Waals surface area contributed by atoms with E-state index in [9.17, 15) is 9.90 Å². The fraction of sp³-hybridized carbons (Fsp3) is 0.350. The van der Waals surface area contributed by atoms with Gasteiger partial charge in [-0.3, -0.25) is 4.79 Å². The van der Waals surface area contributed by atoms with Gasteiger partial charge in [0.2, 0.25) is 0 Å². The second-order valence-electron chi connectivity index (χ2n) is 6.25. The molecule has 0 bridgehead atoms. The minimum atomic E-state index is -1.07. The lowest BCUT2D eigenvalue weighted by Crippen LogP contribution is -2.33. The maximum atomic E-state index is 12.4. The number of aliphatic hydroxyl groups is 1. The number of carbonyl (C=O) groups is 1. The third-order valence-electron chi connectivity index (χ3n) is 4.41. The number of nitrogens with zero attached hydrogens (tertiary/aromatic N) is 1. The van der Waals surface area contributed by atoms with Gasteiger partial charge in [0.25, 0.3) is 5.91 Å². The van der Waals surface area contributed by atoms with Gasteiger partial charge >= 0.3 is 0 Å². The highest BCUT2D eigenvalue weighted by molar-refractivity contribution is 5.82. The van der Waals surface area contributed by atoms with E-state index in [4.69, 9.17) is 4.74 Å². The van der Waals surface area contributed by atoms with Gasteiger partial charge in [0.15, 0.2) is 6.10 Å². The number of likely N-dealkylation sites (tertiary alicyclic amines) is 1. The fourth-order valence-electron chi connectivity index (χ4n) is 3.04. The molecule has 0 spiro atoms. The standard InChI is InChI=1S/C20H23NO3/c22-19(18-9-5-2-6-10-18)20(23)21-12-11-17(13-21)15-24-14-16-7-3-1-4-8-16/h1-10,17,19,22H,11-15H2. The predicted molar refractivity (Wildman–Crippen MR) is 92.2 cm³/mol. The molecule has 1 N–H and O–H groups in total. The van der Waals surface area contributed by atoms with Crippen LogP contribution in [0.3, 0.4) is 0 Å². The molecule has 126 valence electrons. The molecule has 1 aliphatic rings. The van der Waals surface area contributed by atoms with Gasteiger partial charge in [0.05, 0.1) is 13.2 Å². The molecule has 2 aromatic carbocycles. The Labute approximate surface area is 142 Å². The van der Waals surface area contributed by atoms with Gasteiger partial charge in [0.1, 0.15) is 0 Å². The molecule has 2 aromatic rings. The van der Waals surface area contributed by atoms with Crippen LogP contribution < -0.4 is 0 Å². The topological polar surface area (TPSA) is 49.8 Å². The number of rotatable bonds is 6. The third-order valence-corrected chi connectivity index (χ3v) is 4.41. The van der Waals surface area contributed by atoms with E-state index in [0.717, 1.165) is 12.0 Å². The van der Waals surface area contributed by atoms with Crippen LogP contribution in [-0.4, -0.2) is 35.6 Å². The van der Waals surface area contributed by atoms with Crippen molar-refractivity contribution in [2.45, 2.75) is 19.1 Å². The highest BCUT2D eigenvalue weighted by atomic mass is 16.5. The Morgan fingerprint density at radius 1 is 1.12 bits per heavy atom. The van der Waals surface area contributed by atoms with Gasteiger partial charge in [-0.15, -0.1) is 0 Å². The van der Waals surface area contributed by atoms with E-state index >= 15 is 0 Å². The summed E-state index contributed by atoms with van der Waals surface area (Å²) in [6.07, 6.45) is -0.155. The van der Waals surface area contributed by atoms with Crippen LogP contribution in [0.15, 0.2) is 60.7 Å². The van der Waals surface area contributed by atoms with Gasteiger partial charge in [0, 0.05) is 19.0 Å². The molecule has 1 amide bonds. The first kappa shape index (κ1) is 16.7. The van der Waals surface area contributed by atoms with E-state index in [2.05, 4.69) is 0 Å². The van der Waals surface area contributed by atoms with Crippen molar-refractivity contribution in [3.8, 4) is 0 Å². The molecule has 4 nitrogen and oxygen atoms in total. The van der Waals surface area contributed by atoms with Crippen molar-refractivity contribution in [1.82, 2.24) is 4.90 Å². The van der Waals surface area contributed by atoms with Crippen LogP contribution >= 0.6 is 0 Å². The normalized spacial score (nSPS) is 18.5. The lowest BCUT2D eigenvalue weighted by Gasteiger charge is -2.20. The molecule has 2 unspecified atom stereocenters. The minimum absolute atomic E-state index is 0.216. The van der Waals surface area contributed by atoms with Crippen LogP contribution in [0, 0.1) is 5.92 Å². The molecule has 0 saturated carbocycles. The Morgan fingerprint density at radius 3 is 2.50 bits per heavy atom. The van der Waals surface area contributed by atoms with Crippen molar-refractivity contribution in [3.63, 3.8) is 0 Å². The molecular formula is C20H23NO3. The number of benzene rings is 2. The molecule has 1 fully saturated rings. The Kier molecular flexibility index (Phi) is 5.62. The maximum Gasteiger partial charge on any atom is 0.256 e. The fourth-order valence-corrected chi connectivity index (χ4v) is 3.04. The second-order valence-corrected chi connectivity index (χ2v) is 6.25. The first-order chi connectivity index (χ1) is 11.7. The molecule has 0 aromatic heterocycles. The summed E-state index contributed by atoms with van der Waals surface area (Å²) in [4.78, 5) is 14.2. The van der Waals surface area contributed by atoms with E-state index < -0.39 is 6.10 Å². The van der Waals surface area contributed by atoms with E-state index in [-0.39, 0.29) is 5.91 Å². The molecule has 1 heterocycles. The smallest absolute Gasteiger partial charge is 0.256 e. The average molecular weight is 325 g/mol. The Morgan fingerprint density at radius 2 is 1.79 bits per heavy atom. The van der Waals surface area contributed by atoms with Crippen LogP contribution in [0.5, 0.6) is 0 Å². The highest BCUT2D eigenvalue weighted by Crippen LogP contribution is 2.22. The molecule has 2 atom stereocenters. The van der Waals surface area contributed by atoms with Crippen molar-refractivity contribution in [2.75, 3.05) is 19.7 Å². The molecule has 1 aliphatic heterocycles. The van der Waals surface area contributed by atoms with Crippen molar-refractivity contribution < 1.29 is 14.6 Å². The van der Waals surface area contributed by atoms with Crippen molar-refractivity contribution >= 4 is 5.91 Å². The first-order valence-corrected chi connectivity index (χ1v) is 8.37. The molecule has 0 radical (unpaired) electrons. The minimum Gasteiger partial charge on any atom is -0.378 e. The van der Waals surface area contributed by atoms with E-state index in [1.165, 1.54) is 0 Å². The monoisotopic (exact) mass is 325 g/mol. The van der Waals surface area contributed by atoms with Crippen molar-refractivity contribution in [3.05, 3.63) is 71.8 Å². The van der Waals surface area contributed by atoms with Crippen LogP contribution in [-0.2, 0) is 16.1 Å². The zero-order valence-corrected chi connectivity index (χ0v) is 13.7. The van der Waals surface area contributed by atoms with Gasteiger partial charge in [-0.25, -0.2) is 0 Å². The van der Waals surface area contributed by atoms with E-state index in [1.54, 1.807) is 17.0 Å². The van der Waals surface area contributed by atoms with Crippen molar-refractivity contribution in [2.24, 2.45) is 5.92 Å². The Hall–Kier alpha value is -2.17. The number of amides is 1. The summed E-state index contributed by atoms with van der Waals surface area (Å²) in [5.74, 6) is 0.118. The summed E-state index contributed by atoms with van der Waals surface area (Å²) in [6.45, 7) is 2.57. The van der Waals surface area contributed by atoms with Gasteiger partial charge in [-0.1, -0.05) is 60.7 Å². The first-order valence-electron chi connectivity index (χ1n) is 8.37. The number of hydrogen-bond acceptors (Lipinski definition) is 3. The quantitative estimate of drug-likeness (QED) is 0.888. The summed E-state index contributed by atoms with van der Waals surface area (Å²) in [5.41, 5.74) is 1.80. The lowest BCUT2D eigenvalue weighted by atomic mass is 10.1. The van der Waals surface area contributed by atoms with E-state index in [0.29, 0.717) is 37.8 Å². The Bertz CT molecular complexity index is 644. The average Bonchev–Trinajstić information content (AvgIpc) is 3.11. The van der Waals surface area contributed by atoms with E-state index in [1.807, 2.05) is 48.5 Å². The SMILES string of the molecule is O=C(C(O)c1ccccc1)N1CCC(COCc2ccccc2)C1. The molecule has 1 saturated heterocycles. The van der Waals surface area contributed by atoms with Crippen molar-refractivity contribution in [1.29, 1.82) is 0 Å². The Balaban J connectivity index is 1.45. The number of hydrogen-bond donors (Lipinski definition) is 1. The predicted octanol–water partition coefficient (Wildman–Crippen LogP) is 2.79. The maximum absolute atomic E-state index is 12.4. The third kappa shape index (κ3) is 4.22. The summed E-state index contributed by atoms with van der Waals surface area (Å²) < 4.78 is 5.78. The largest absolute Gasteiger partial charge is 0.378 e. The zero-order valence-electron chi connectivity index (χ0n) is 13.7. The van der Waals surface area contributed by atoms with Crippen LogP contribution in [0.2, 0.25) is 0 Å². The zero-order chi connectivity index (χ0) is 16.8. The van der Waals surface area contributed by atoms with Crippen LogP contribution in [0.25, 0.3) is 0 Å². The summed E-state index contributed by atoms with van der Waals surface area (Å²) in [7, 11) is 0.